The number of halogens is 1. The van der Waals surface area contributed by atoms with Gasteiger partial charge in [-0.05, 0) is 49.4 Å². The van der Waals surface area contributed by atoms with Crippen molar-refractivity contribution in [1.29, 1.82) is 0 Å². The largest absolute Gasteiger partial charge is 0.497 e. The van der Waals surface area contributed by atoms with E-state index in [0.29, 0.717) is 16.5 Å². The van der Waals surface area contributed by atoms with E-state index in [1.54, 1.807) is 44.4 Å². The predicted octanol–water partition coefficient (Wildman–Crippen LogP) is 3.10. The molecule has 1 atom stereocenters. The van der Waals surface area contributed by atoms with Crippen LogP contribution in [0.15, 0.2) is 47.4 Å². The Hall–Kier alpha value is -1.96. The molecule has 6 nitrogen and oxygen atoms in total. The van der Waals surface area contributed by atoms with Crippen LogP contribution < -0.4 is 18.9 Å². The molecule has 2 aromatic carbocycles. The first kappa shape index (κ1) is 19.4. The molecular formula is C17H20ClNO5S. The second-order valence-electron chi connectivity index (χ2n) is 5.30. The molecule has 0 saturated carbocycles. The standard InChI is InChI=1S/C17H20ClNO5S/c1-12(11-24-15-7-5-14(22-2)6-8-15)19-25(20,21)17-10-13(18)4-9-16(17)23-3/h4-10,12,19H,11H2,1-3H3. The van der Waals surface area contributed by atoms with Crippen LogP contribution in [-0.4, -0.2) is 35.3 Å². The summed E-state index contributed by atoms with van der Waals surface area (Å²) in [5.74, 6) is 1.56. The summed E-state index contributed by atoms with van der Waals surface area (Å²) in [4.78, 5) is -0.0150. The Morgan fingerprint density at radius 3 is 2.28 bits per heavy atom. The van der Waals surface area contributed by atoms with Crippen LogP contribution in [0, 0.1) is 0 Å². The lowest BCUT2D eigenvalue weighted by molar-refractivity contribution is 0.287. The zero-order valence-corrected chi connectivity index (χ0v) is 15.7. The highest BCUT2D eigenvalue weighted by atomic mass is 35.5. The van der Waals surface area contributed by atoms with E-state index in [0.717, 1.165) is 0 Å². The summed E-state index contributed by atoms with van der Waals surface area (Å²) in [5.41, 5.74) is 0. The second-order valence-corrected chi connectivity index (χ2v) is 7.42. The van der Waals surface area contributed by atoms with Gasteiger partial charge in [-0.15, -0.1) is 0 Å². The Bertz CT molecular complexity index is 808. The molecule has 25 heavy (non-hydrogen) atoms. The maximum absolute atomic E-state index is 12.5. The number of benzene rings is 2. The average molecular weight is 386 g/mol. The van der Waals surface area contributed by atoms with Gasteiger partial charge in [-0.3, -0.25) is 0 Å². The number of nitrogens with one attached hydrogen (secondary N) is 1. The fourth-order valence-corrected chi connectivity index (χ4v) is 3.78. The molecule has 1 unspecified atom stereocenters. The lowest BCUT2D eigenvalue weighted by atomic mass is 10.3. The first-order valence-electron chi connectivity index (χ1n) is 7.48. The SMILES string of the molecule is COc1ccc(OCC(C)NS(=O)(=O)c2cc(Cl)ccc2OC)cc1. The van der Waals surface area contributed by atoms with Crippen LogP contribution in [-0.2, 0) is 10.0 Å². The summed E-state index contributed by atoms with van der Waals surface area (Å²) >= 11 is 5.90. The topological polar surface area (TPSA) is 73.9 Å². The summed E-state index contributed by atoms with van der Waals surface area (Å²) in [6, 6.07) is 11.0. The van der Waals surface area contributed by atoms with Crippen molar-refractivity contribution in [1.82, 2.24) is 4.72 Å². The number of rotatable bonds is 8. The first-order chi connectivity index (χ1) is 11.9. The average Bonchev–Trinajstić information content (AvgIpc) is 2.60. The Balaban J connectivity index is 2.03. The highest BCUT2D eigenvalue weighted by Gasteiger charge is 2.22. The summed E-state index contributed by atoms with van der Waals surface area (Å²) in [6.45, 7) is 1.87. The molecule has 1 N–H and O–H groups in total. The number of sulfonamides is 1. The van der Waals surface area contributed by atoms with Crippen LogP contribution in [0.25, 0.3) is 0 Å². The normalized spacial score (nSPS) is 12.5. The van der Waals surface area contributed by atoms with Gasteiger partial charge in [0.15, 0.2) is 0 Å². The van der Waals surface area contributed by atoms with Crippen molar-refractivity contribution in [2.45, 2.75) is 17.9 Å². The molecule has 0 bridgehead atoms. The maximum atomic E-state index is 12.5. The molecule has 0 aliphatic heterocycles. The van der Waals surface area contributed by atoms with Crippen LogP contribution >= 0.6 is 11.6 Å². The van der Waals surface area contributed by atoms with Gasteiger partial charge in [-0.2, -0.15) is 0 Å². The summed E-state index contributed by atoms with van der Waals surface area (Å²) < 4.78 is 43.4. The molecule has 2 rings (SSSR count). The summed E-state index contributed by atoms with van der Waals surface area (Å²) in [7, 11) is -0.818. The van der Waals surface area contributed by atoms with E-state index in [2.05, 4.69) is 4.72 Å². The minimum atomic E-state index is -3.80. The van der Waals surface area contributed by atoms with Crippen LogP contribution in [0.5, 0.6) is 17.2 Å². The Morgan fingerprint density at radius 1 is 1.04 bits per heavy atom. The first-order valence-corrected chi connectivity index (χ1v) is 9.34. The van der Waals surface area contributed by atoms with Gasteiger partial charge in [0.05, 0.1) is 20.3 Å². The number of ether oxygens (including phenoxy) is 3. The Labute approximate surface area is 152 Å². The van der Waals surface area contributed by atoms with Gasteiger partial charge in [0, 0.05) is 5.02 Å². The molecule has 0 aromatic heterocycles. The van der Waals surface area contributed by atoms with Crippen LogP contribution in [0.4, 0.5) is 0 Å². The van der Waals surface area contributed by atoms with Crippen molar-refractivity contribution < 1.29 is 22.6 Å². The molecule has 0 amide bonds. The van der Waals surface area contributed by atoms with Gasteiger partial charge in [-0.25, -0.2) is 13.1 Å². The monoisotopic (exact) mass is 385 g/mol. The van der Waals surface area contributed by atoms with Gasteiger partial charge >= 0.3 is 0 Å². The van der Waals surface area contributed by atoms with E-state index in [9.17, 15) is 8.42 Å². The number of hydrogen-bond acceptors (Lipinski definition) is 5. The van der Waals surface area contributed by atoms with Gasteiger partial charge in [-0.1, -0.05) is 11.6 Å². The van der Waals surface area contributed by atoms with Crippen LogP contribution in [0.3, 0.4) is 0 Å². The number of methoxy groups -OCH3 is 2. The van der Waals surface area contributed by atoms with Crippen LogP contribution in [0.1, 0.15) is 6.92 Å². The van der Waals surface area contributed by atoms with Gasteiger partial charge in [0.2, 0.25) is 10.0 Å². The Kier molecular flexibility index (Phi) is 6.52. The summed E-state index contributed by atoms with van der Waals surface area (Å²) in [5, 5.41) is 0.309. The molecule has 8 heteroatoms. The van der Waals surface area contributed by atoms with Gasteiger partial charge < -0.3 is 14.2 Å². The van der Waals surface area contributed by atoms with Crippen molar-refractivity contribution in [3.05, 3.63) is 47.5 Å². The second kappa shape index (κ2) is 8.42. The van der Waals surface area contributed by atoms with Gasteiger partial charge in [0.25, 0.3) is 0 Å². The molecule has 0 heterocycles. The van der Waals surface area contributed by atoms with E-state index in [1.165, 1.54) is 19.2 Å². The van der Waals surface area contributed by atoms with Crippen molar-refractivity contribution in [3.63, 3.8) is 0 Å². The fourth-order valence-electron chi connectivity index (χ4n) is 2.12. The molecular weight excluding hydrogens is 366 g/mol. The predicted molar refractivity (Wildman–Crippen MR) is 96.3 cm³/mol. The van der Waals surface area contributed by atoms with E-state index in [1.807, 2.05) is 0 Å². The molecule has 0 saturated heterocycles. The van der Waals surface area contributed by atoms with Crippen molar-refractivity contribution >= 4 is 21.6 Å². The maximum Gasteiger partial charge on any atom is 0.244 e. The summed E-state index contributed by atoms with van der Waals surface area (Å²) in [6.07, 6.45) is 0. The molecule has 2 aromatic rings. The van der Waals surface area contributed by atoms with E-state index in [-0.39, 0.29) is 17.3 Å². The molecule has 0 radical (unpaired) electrons. The van der Waals surface area contributed by atoms with E-state index in [4.69, 9.17) is 25.8 Å². The van der Waals surface area contributed by atoms with E-state index < -0.39 is 16.1 Å². The third kappa shape index (κ3) is 5.26. The third-order valence-electron chi connectivity index (χ3n) is 3.33. The molecule has 0 spiro atoms. The smallest absolute Gasteiger partial charge is 0.244 e. The van der Waals surface area contributed by atoms with Crippen molar-refractivity contribution in [3.8, 4) is 17.2 Å². The Morgan fingerprint density at radius 2 is 1.68 bits per heavy atom. The zero-order valence-electron chi connectivity index (χ0n) is 14.2. The fraction of sp³-hybridized carbons (Fsp3) is 0.294. The highest BCUT2D eigenvalue weighted by molar-refractivity contribution is 7.89. The number of hydrogen-bond donors (Lipinski definition) is 1. The van der Waals surface area contributed by atoms with E-state index >= 15 is 0 Å². The molecule has 0 aliphatic rings. The van der Waals surface area contributed by atoms with Crippen LogP contribution in [0.2, 0.25) is 5.02 Å². The minimum absolute atomic E-state index is 0.0150. The minimum Gasteiger partial charge on any atom is -0.497 e. The lowest BCUT2D eigenvalue weighted by Crippen LogP contribution is -2.36. The quantitative estimate of drug-likeness (QED) is 0.755. The zero-order chi connectivity index (χ0) is 18.4. The third-order valence-corrected chi connectivity index (χ3v) is 5.18. The molecule has 0 fully saturated rings. The van der Waals surface area contributed by atoms with Gasteiger partial charge in [0.1, 0.15) is 28.8 Å². The van der Waals surface area contributed by atoms with Crippen molar-refractivity contribution in [2.24, 2.45) is 0 Å². The van der Waals surface area contributed by atoms with Crippen molar-refractivity contribution in [2.75, 3.05) is 20.8 Å². The molecule has 0 aliphatic carbocycles. The molecule has 136 valence electrons. The lowest BCUT2D eigenvalue weighted by Gasteiger charge is -2.17. The highest BCUT2D eigenvalue weighted by Crippen LogP contribution is 2.27.